The number of hydrogen-bond donors (Lipinski definition) is 1. The van der Waals surface area contributed by atoms with Crippen molar-refractivity contribution in [2.75, 3.05) is 13.1 Å². The van der Waals surface area contributed by atoms with E-state index < -0.39 is 0 Å². The average molecular weight is 189 g/mol. The molecule has 2 nitrogen and oxygen atoms in total. The average Bonchev–Trinajstić information content (AvgIpc) is 2.30. The predicted octanol–water partition coefficient (Wildman–Crippen LogP) is 1.58. The Morgan fingerprint density at radius 1 is 1.21 bits per heavy atom. The lowest BCUT2D eigenvalue weighted by Gasteiger charge is -2.27. The summed E-state index contributed by atoms with van der Waals surface area (Å²) in [7, 11) is 0. The fraction of sp³-hybridized carbons (Fsp3) is 0.417. The van der Waals surface area contributed by atoms with Gasteiger partial charge in [0.1, 0.15) is 6.29 Å². The molecule has 0 aliphatic carbocycles. The summed E-state index contributed by atoms with van der Waals surface area (Å²) in [4.78, 5) is 10.7. The first-order valence-electron chi connectivity index (χ1n) is 5.11. The molecule has 1 N–H and O–H groups in total. The van der Waals surface area contributed by atoms with Crippen LogP contribution in [0.5, 0.6) is 0 Å². The van der Waals surface area contributed by atoms with Crippen LogP contribution < -0.4 is 5.32 Å². The third kappa shape index (κ3) is 2.02. The molecule has 2 heteroatoms. The molecular formula is C12H15NO. The molecule has 0 amide bonds. The standard InChI is InChI=1S/C12H15NO/c14-9-10-6-12(8-13-7-10)11-4-2-1-3-5-11/h1-5,9-10,12-13H,6-8H2/t10-,12-/m1/s1. The van der Waals surface area contributed by atoms with Crippen LogP contribution >= 0.6 is 0 Å². The van der Waals surface area contributed by atoms with E-state index in [1.807, 2.05) is 6.07 Å². The zero-order valence-electron chi connectivity index (χ0n) is 8.15. The fourth-order valence-electron chi connectivity index (χ4n) is 2.06. The monoisotopic (exact) mass is 189 g/mol. The van der Waals surface area contributed by atoms with E-state index in [-0.39, 0.29) is 5.92 Å². The third-order valence-electron chi connectivity index (χ3n) is 2.85. The Kier molecular flexibility index (Phi) is 2.94. The van der Waals surface area contributed by atoms with E-state index in [0.29, 0.717) is 5.92 Å². The highest BCUT2D eigenvalue weighted by atomic mass is 16.1. The molecule has 2 atom stereocenters. The second kappa shape index (κ2) is 4.38. The van der Waals surface area contributed by atoms with E-state index >= 15 is 0 Å². The van der Waals surface area contributed by atoms with Crippen molar-refractivity contribution in [3.05, 3.63) is 35.9 Å². The van der Waals surface area contributed by atoms with Gasteiger partial charge in [-0.1, -0.05) is 30.3 Å². The van der Waals surface area contributed by atoms with Crippen LogP contribution in [0.25, 0.3) is 0 Å². The number of benzene rings is 1. The number of hydrogen-bond acceptors (Lipinski definition) is 2. The van der Waals surface area contributed by atoms with Gasteiger partial charge in [0.05, 0.1) is 0 Å². The van der Waals surface area contributed by atoms with Crippen molar-refractivity contribution in [2.24, 2.45) is 5.92 Å². The van der Waals surface area contributed by atoms with Gasteiger partial charge in [-0.3, -0.25) is 0 Å². The zero-order chi connectivity index (χ0) is 9.80. The highest BCUT2D eigenvalue weighted by Crippen LogP contribution is 2.25. The number of rotatable bonds is 2. The number of carbonyl (C=O) groups is 1. The minimum atomic E-state index is 0.189. The molecule has 1 aliphatic rings. The Morgan fingerprint density at radius 3 is 2.71 bits per heavy atom. The Morgan fingerprint density at radius 2 is 2.00 bits per heavy atom. The second-order valence-corrected chi connectivity index (χ2v) is 3.90. The highest BCUT2D eigenvalue weighted by molar-refractivity contribution is 5.54. The fourth-order valence-corrected chi connectivity index (χ4v) is 2.06. The molecule has 0 saturated carbocycles. The first kappa shape index (κ1) is 9.41. The lowest BCUT2D eigenvalue weighted by atomic mass is 9.86. The van der Waals surface area contributed by atoms with E-state index in [0.717, 1.165) is 25.8 Å². The van der Waals surface area contributed by atoms with Gasteiger partial charge in [0.2, 0.25) is 0 Å². The molecule has 1 aliphatic heterocycles. The molecule has 0 aromatic heterocycles. The van der Waals surface area contributed by atoms with E-state index in [9.17, 15) is 4.79 Å². The van der Waals surface area contributed by atoms with Gasteiger partial charge in [0.15, 0.2) is 0 Å². The maximum Gasteiger partial charge on any atom is 0.124 e. The molecule has 14 heavy (non-hydrogen) atoms. The van der Waals surface area contributed by atoms with Crippen LogP contribution in [0.1, 0.15) is 17.9 Å². The zero-order valence-corrected chi connectivity index (χ0v) is 8.15. The molecule has 0 bridgehead atoms. The number of aldehydes is 1. The summed E-state index contributed by atoms with van der Waals surface area (Å²) in [6.07, 6.45) is 2.06. The van der Waals surface area contributed by atoms with Crippen molar-refractivity contribution in [1.29, 1.82) is 0 Å². The van der Waals surface area contributed by atoms with Crippen LogP contribution in [0, 0.1) is 5.92 Å². The van der Waals surface area contributed by atoms with Crippen molar-refractivity contribution in [1.82, 2.24) is 5.32 Å². The van der Waals surface area contributed by atoms with E-state index in [2.05, 4.69) is 29.6 Å². The number of nitrogens with one attached hydrogen (secondary N) is 1. The highest BCUT2D eigenvalue weighted by Gasteiger charge is 2.21. The predicted molar refractivity (Wildman–Crippen MR) is 56.2 cm³/mol. The molecule has 1 heterocycles. The first-order valence-corrected chi connectivity index (χ1v) is 5.11. The van der Waals surface area contributed by atoms with Crippen LogP contribution in [-0.4, -0.2) is 19.4 Å². The van der Waals surface area contributed by atoms with Gasteiger partial charge in [-0.2, -0.15) is 0 Å². The Hall–Kier alpha value is -1.15. The molecule has 0 spiro atoms. The summed E-state index contributed by atoms with van der Waals surface area (Å²) >= 11 is 0. The maximum atomic E-state index is 10.7. The summed E-state index contributed by atoms with van der Waals surface area (Å²) in [5, 5.41) is 3.30. The SMILES string of the molecule is O=C[C@H]1CNC[C@H](c2ccccc2)C1. The van der Waals surface area contributed by atoms with Crippen molar-refractivity contribution in [3.63, 3.8) is 0 Å². The Balaban J connectivity index is 2.08. The molecule has 74 valence electrons. The quantitative estimate of drug-likeness (QED) is 0.716. The van der Waals surface area contributed by atoms with Gasteiger partial charge in [-0.25, -0.2) is 0 Å². The number of carbonyl (C=O) groups excluding carboxylic acids is 1. The normalized spacial score (nSPS) is 27.1. The van der Waals surface area contributed by atoms with Gasteiger partial charge >= 0.3 is 0 Å². The van der Waals surface area contributed by atoms with Crippen LogP contribution in [-0.2, 0) is 4.79 Å². The summed E-state index contributed by atoms with van der Waals surface area (Å²) in [5.74, 6) is 0.689. The smallest absolute Gasteiger partial charge is 0.124 e. The topological polar surface area (TPSA) is 29.1 Å². The molecule has 2 rings (SSSR count). The maximum absolute atomic E-state index is 10.7. The Bertz CT molecular complexity index is 296. The molecule has 1 fully saturated rings. The van der Waals surface area contributed by atoms with E-state index in [4.69, 9.17) is 0 Å². The number of piperidine rings is 1. The summed E-state index contributed by atoms with van der Waals surface area (Å²) in [5.41, 5.74) is 1.34. The molecule has 1 aromatic rings. The molecule has 0 radical (unpaired) electrons. The molecule has 0 unspecified atom stereocenters. The third-order valence-corrected chi connectivity index (χ3v) is 2.85. The summed E-state index contributed by atoms with van der Waals surface area (Å²) in [6, 6.07) is 10.4. The van der Waals surface area contributed by atoms with Crippen LogP contribution in [0.15, 0.2) is 30.3 Å². The van der Waals surface area contributed by atoms with E-state index in [1.165, 1.54) is 5.56 Å². The lowest BCUT2D eigenvalue weighted by Crippen LogP contribution is -2.35. The Labute approximate surface area is 84.3 Å². The van der Waals surface area contributed by atoms with Crippen molar-refractivity contribution in [3.8, 4) is 0 Å². The summed E-state index contributed by atoms with van der Waals surface area (Å²) < 4.78 is 0. The molecular weight excluding hydrogens is 174 g/mol. The summed E-state index contributed by atoms with van der Waals surface area (Å²) in [6.45, 7) is 1.83. The van der Waals surface area contributed by atoms with Crippen LogP contribution in [0.3, 0.4) is 0 Å². The van der Waals surface area contributed by atoms with Crippen molar-refractivity contribution in [2.45, 2.75) is 12.3 Å². The van der Waals surface area contributed by atoms with Gasteiger partial charge in [0, 0.05) is 19.0 Å². The molecule has 1 saturated heterocycles. The van der Waals surface area contributed by atoms with Crippen LogP contribution in [0.4, 0.5) is 0 Å². The second-order valence-electron chi connectivity index (χ2n) is 3.90. The van der Waals surface area contributed by atoms with E-state index in [1.54, 1.807) is 0 Å². The largest absolute Gasteiger partial charge is 0.315 e. The minimum absolute atomic E-state index is 0.189. The molecule has 1 aromatic carbocycles. The van der Waals surface area contributed by atoms with Crippen molar-refractivity contribution < 1.29 is 4.79 Å². The van der Waals surface area contributed by atoms with Gasteiger partial charge in [0.25, 0.3) is 0 Å². The van der Waals surface area contributed by atoms with Gasteiger partial charge in [-0.15, -0.1) is 0 Å². The first-order chi connectivity index (χ1) is 6.90. The van der Waals surface area contributed by atoms with Crippen molar-refractivity contribution >= 4 is 6.29 Å². The lowest BCUT2D eigenvalue weighted by molar-refractivity contribution is -0.111. The minimum Gasteiger partial charge on any atom is -0.315 e. The van der Waals surface area contributed by atoms with Gasteiger partial charge in [-0.05, 0) is 17.9 Å². The van der Waals surface area contributed by atoms with Crippen LogP contribution in [0.2, 0.25) is 0 Å². The van der Waals surface area contributed by atoms with Gasteiger partial charge < -0.3 is 10.1 Å².